The van der Waals surface area contributed by atoms with Gasteiger partial charge in [-0.2, -0.15) is 0 Å². The zero-order valence-electron chi connectivity index (χ0n) is 14.1. The number of benzene rings is 2. The quantitative estimate of drug-likeness (QED) is 0.467. The minimum atomic E-state index is -0.161. The maximum Gasteiger partial charge on any atom is 0.0581 e. The highest BCUT2D eigenvalue weighted by atomic mass is 79.9. The van der Waals surface area contributed by atoms with E-state index in [1.807, 2.05) is 0 Å². The first-order chi connectivity index (χ1) is 12.4. The zero-order valence-corrected chi connectivity index (χ0v) is 15.9. The van der Waals surface area contributed by atoms with Gasteiger partial charge in [0.25, 0.3) is 0 Å². The molecule has 124 valence electrons. The second-order valence-electron chi connectivity index (χ2n) is 7.04. The van der Waals surface area contributed by atoms with Gasteiger partial charge in [0, 0.05) is 0 Å². The molecule has 26 heavy (non-hydrogen) atoms. The van der Waals surface area contributed by atoms with Crippen molar-refractivity contribution in [1.29, 1.82) is 0 Å². The second kappa shape index (κ2) is 5.43. The van der Waals surface area contributed by atoms with Crippen molar-refractivity contribution in [2.45, 2.75) is 0 Å². The van der Waals surface area contributed by atoms with Crippen LogP contribution in [0.2, 0.25) is 0 Å². The molecule has 1 spiro atoms. The summed E-state index contributed by atoms with van der Waals surface area (Å²) >= 11 is 0. The Labute approximate surface area is 164 Å². The molecule has 0 fully saturated rings. The Morgan fingerprint density at radius 3 is 1.54 bits per heavy atom. The number of halogens is 1. The van der Waals surface area contributed by atoms with Crippen LogP contribution in [0.5, 0.6) is 0 Å². The third kappa shape index (κ3) is 1.84. The first-order valence-electron chi connectivity index (χ1n) is 8.80. The van der Waals surface area contributed by atoms with Gasteiger partial charge in [-0.25, -0.2) is 0 Å². The van der Waals surface area contributed by atoms with E-state index in [2.05, 4.69) is 97.1 Å². The highest BCUT2D eigenvalue weighted by Crippen LogP contribution is 2.58. The summed E-state index contributed by atoms with van der Waals surface area (Å²) in [4.78, 5) is 0. The largest absolute Gasteiger partial charge is 0.114 e. The van der Waals surface area contributed by atoms with E-state index in [0.717, 1.165) is 0 Å². The Kier molecular flexibility index (Phi) is 3.26. The Morgan fingerprint density at radius 2 is 1.04 bits per heavy atom. The smallest absolute Gasteiger partial charge is 0.0581 e. The molecule has 0 saturated carbocycles. The topological polar surface area (TPSA) is 0 Å². The highest BCUT2D eigenvalue weighted by Gasteiger charge is 2.43. The minimum Gasteiger partial charge on any atom is -0.114 e. The van der Waals surface area contributed by atoms with Gasteiger partial charge in [0.15, 0.2) is 0 Å². The third-order valence-electron chi connectivity index (χ3n) is 5.82. The van der Waals surface area contributed by atoms with Gasteiger partial charge in [-0.05, 0) is 56.7 Å². The van der Waals surface area contributed by atoms with Crippen LogP contribution in [-0.2, 0) is 0 Å². The van der Waals surface area contributed by atoms with E-state index in [0.29, 0.717) is 0 Å². The van der Waals surface area contributed by atoms with E-state index in [-0.39, 0.29) is 22.4 Å². The van der Waals surface area contributed by atoms with E-state index >= 15 is 0 Å². The Morgan fingerprint density at radius 1 is 0.577 bits per heavy atom. The van der Waals surface area contributed by atoms with Crippen LogP contribution in [0.25, 0.3) is 23.3 Å². The Bertz CT molecular complexity index is 1040. The number of allylic oxidation sites excluding steroid dienone is 10. The lowest BCUT2D eigenvalue weighted by Crippen LogP contribution is -2.24. The summed E-state index contributed by atoms with van der Waals surface area (Å²) in [5, 5.41) is 0. The molecule has 2 aromatic rings. The van der Waals surface area contributed by atoms with Crippen LogP contribution >= 0.6 is 17.0 Å². The van der Waals surface area contributed by atoms with Gasteiger partial charge in [-0.15, -0.1) is 17.0 Å². The molecule has 6 rings (SSSR count). The summed E-state index contributed by atoms with van der Waals surface area (Å²) < 4.78 is 0. The predicted molar refractivity (Wildman–Crippen MR) is 116 cm³/mol. The first kappa shape index (κ1) is 15.6. The number of hydrogen-bond donors (Lipinski definition) is 0. The van der Waals surface area contributed by atoms with Gasteiger partial charge in [0.05, 0.1) is 5.41 Å². The fourth-order valence-corrected chi connectivity index (χ4v) is 4.69. The van der Waals surface area contributed by atoms with Gasteiger partial charge >= 0.3 is 0 Å². The van der Waals surface area contributed by atoms with Crippen LogP contribution in [0.3, 0.4) is 0 Å². The average molecular weight is 397 g/mol. The fraction of sp³-hybridized carbons (Fsp3) is 0.0400. The highest BCUT2D eigenvalue weighted by molar-refractivity contribution is 8.93. The Hall–Kier alpha value is -2.64. The van der Waals surface area contributed by atoms with Gasteiger partial charge in [-0.3, -0.25) is 0 Å². The minimum absolute atomic E-state index is 0. The molecule has 0 heterocycles. The molecule has 0 bridgehead atoms. The SMILES string of the molecule is Br.C1=CC2(C=CC=C3C2=Cc2ccccc23)C2=Cc3ccccc3C2=C1. The van der Waals surface area contributed by atoms with Gasteiger partial charge in [0.2, 0.25) is 0 Å². The predicted octanol–water partition coefficient (Wildman–Crippen LogP) is 6.65. The second-order valence-corrected chi connectivity index (χ2v) is 7.04. The van der Waals surface area contributed by atoms with Crippen LogP contribution in [0.4, 0.5) is 0 Å². The van der Waals surface area contributed by atoms with Crippen molar-refractivity contribution in [3.8, 4) is 0 Å². The van der Waals surface area contributed by atoms with E-state index in [4.69, 9.17) is 0 Å². The molecular weight excluding hydrogens is 380 g/mol. The zero-order chi connectivity index (χ0) is 16.4. The first-order valence-corrected chi connectivity index (χ1v) is 8.80. The summed E-state index contributed by atoms with van der Waals surface area (Å²) in [6.07, 6.45) is 18.4. The summed E-state index contributed by atoms with van der Waals surface area (Å²) in [5.74, 6) is 0. The number of hydrogen-bond acceptors (Lipinski definition) is 0. The van der Waals surface area contributed by atoms with Crippen molar-refractivity contribution in [3.05, 3.63) is 118 Å². The van der Waals surface area contributed by atoms with Crippen LogP contribution in [-0.4, -0.2) is 0 Å². The van der Waals surface area contributed by atoms with Crippen LogP contribution < -0.4 is 0 Å². The molecule has 4 aliphatic rings. The average Bonchev–Trinajstić information content (AvgIpc) is 3.23. The third-order valence-corrected chi connectivity index (χ3v) is 5.82. The molecule has 0 N–H and O–H groups in total. The summed E-state index contributed by atoms with van der Waals surface area (Å²) in [5.41, 5.74) is 10.7. The molecule has 1 heteroatoms. The molecule has 2 aromatic carbocycles. The van der Waals surface area contributed by atoms with Crippen molar-refractivity contribution in [2.24, 2.45) is 5.41 Å². The molecule has 0 unspecified atom stereocenters. The normalized spacial score (nSPS) is 19.4. The number of rotatable bonds is 0. The molecule has 0 saturated heterocycles. The van der Waals surface area contributed by atoms with Crippen molar-refractivity contribution in [3.63, 3.8) is 0 Å². The molecule has 4 aliphatic carbocycles. The van der Waals surface area contributed by atoms with Crippen molar-refractivity contribution in [2.75, 3.05) is 0 Å². The Balaban J connectivity index is 0.00000150. The van der Waals surface area contributed by atoms with E-state index in [1.54, 1.807) is 0 Å². The molecule has 0 radical (unpaired) electrons. The molecule has 0 nitrogen and oxygen atoms in total. The maximum absolute atomic E-state index is 2.38. The molecule has 0 aliphatic heterocycles. The maximum atomic E-state index is 2.38. The lowest BCUT2D eigenvalue weighted by molar-refractivity contribution is 0.754. The van der Waals surface area contributed by atoms with Gasteiger partial charge in [0.1, 0.15) is 0 Å². The fourth-order valence-electron chi connectivity index (χ4n) is 4.69. The molecular formula is C25H17Br. The molecule has 0 amide bonds. The van der Waals surface area contributed by atoms with Crippen molar-refractivity contribution >= 4 is 40.3 Å². The van der Waals surface area contributed by atoms with E-state index in [9.17, 15) is 0 Å². The van der Waals surface area contributed by atoms with Crippen molar-refractivity contribution in [1.82, 2.24) is 0 Å². The van der Waals surface area contributed by atoms with Crippen LogP contribution in [0.1, 0.15) is 22.3 Å². The standard InChI is InChI=1S/C25H16.BrH/c1-3-9-19-17(7-1)15-23-21(19)11-5-13-25(23)14-6-12-22-20-10-4-2-8-18(20)16-24(22)25;/h1-16H;1H. The van der Waals surface area contributed by atoms with Gasteiger partial charge < -0.3 is 0 Å². The summed E-state index contributed by atoms with van der Waals surface area (Å²) in [6.45, 7) is 0. The van der Waals surface area contributed by atoms with Crippen LogP contribution in [0.15, 0.2) is 96.1 Å². The van der Waals surface area contributed by atoms with Crippen molar-refractivity contribution < 1.29 is 0 Å². The van der Waals surface area contributed by atoms with Gasteiger partial charge in [-0.1, -0.05) is 85.0 Å². The summed E-state index contributed by atoms with van der Waals surface area (Å²) in [7, 11) is 0. The number of fused-ring (bicyclic) bond motifs is 8. The summed E-state index contributed by atoms with van der Waals surface area (Å²) in [6, 6.07) is 17.4. The van der Waals surface area contributed by atoms with Crippen LogP contribution in [0, 0.1) is 5.41 Å². The lowest BCUT2D eigenvalue weighted by atomic mass is 9.65. The lowest BCUT2D eigenvalue weighted by Gasteiger charge is -2.36. The molecule has 0 atom stereocenters. The monoisotopic (exact) mass is 396 g/mol. The molecule has 0 aromatic heterocycles. The van der Waals surface area contributed by atoms with E-state index < -0.39 is 0 Å². The van der Waals surface area contributed by atoms with E-state index in [1.165, 1.54) is 44.5 Å².